The number of hydrogen-bond donors (Lipinski definition) is 3. The molecule has 1 atom stereocenters. The van der Waals surface area contributed by atoms with Crippen molar-refractivity contribution in [3.05, 3.63) is 46.2 Å². The molecular weight excluding hydrogens is 316 g/mol. The molecule has 3 rings (SSSR count). The van der Waals surface area contributed by atoms with E-state index in [9.17, 15) is 9.90 Å². The minimum atomic E-state index is -1.21. The van der Waals surface area contributed by atoms with Gasteiger partial charge < -0.3 is 25.2 Å². The first kappa shape index (κ1) is 15.6. The Morgan fingerprint density at radius 1 is 1.30 bits per heavy atom. The van der Waals surface area contributed by atoms with Gasteiger partial charge in [-0.1, -0.05) is 12.1 Å². The van der Waals surface area contributed by atoms with Crippen molar-refractivity contribution in [1.29, 1.82) is 0 Å². The van der Waals surface area contributed by atoms with Crippen molar-refractivity contribution >= 4 is 17.4 Å². The smallest absolute Gasteiger partial charge is 0.315 e. The summed E-state index contributed by atoms with van der Waals surface area (Å²) in [5.74, 6) is 1.26. The van der Waals surface area contributed by atoms with E-state index in [1.54, 1.807) is 36.5 Å². The molecule has 1 aliphatic rings. The number of carbonyl (C=O) groups is 1. The van der Waals surface area contributed by atoms with E-state index >= 15 is 0 Å². The van der Waals surface area contributed by atoms with Gasteiger partial charge >= 0.3 is 6.03 Å². The summed E-state index contributed by atoms with van der Waals surface area (Å²) in [7, 11) is 0. The van der Waals surface area contributed by atoms with Gasteiger partial charge in [0.15, 0.2) is 11.5 Å². The molecule has 0 radical (unpaired) electrons. The van der Waals surface area contributed by atoms with Gasteiger partial charge in [-0.25, -0.2) is 4.79 Å². The van der Waals surface area contributed by atoms with E-state index in [1.165, 1.54) is 0 Å². The molecule has 6 nitrogen and oxygen atoms in total. The summed E-state index contributed by atoms with van der Waals surface area (Å²) < 4.78 is 10.6. The lowest BCUT2D eigenvalue weighted by molar-refractivity contribution is 0.0591. The summed E-state index contributed by atoms with van der Waals surface area (Å²) in [6.07, 6.45) is 0. The molecule has 1 aromatic heterocycles. The molecule has 23 heavy (non-hydrogen) atoms. The lowest BCUT2D eigenvalue weighted by Gasteiger charge is -2.24. The van der Waals surface area contributed by atoms with E-state index in [-0.39, 0.29) is 19.4 Å². The Hall–Kier alpha value is -2.25. The van der Waals surface area contributed by atoms with Crippen molar-refractivity contribution in [2.45, 2.75) is 19.1 Å². The van der Waals surface area contributed by atoms with Crippen LogP contribution in [0.2, 0.25) is 0 Å². The number of aliphatic hydroxyl groups is 1. The van der Waals surface area contributed by atoms with Crippen molar-refractivity contribution in [2.75, 3.05) is 13.3 Å². The van der Waals surface area contributed by atoms with E-state index in [1.807, 2.05) is 17.5 Å². The molecule has 0 saturated heterocycles. The standard InChI is InChI=1S/C16H18N2O4S/c1-16(20,11-4-5-13-14(7-11)22-10-21-13)9-18-15(19)17-8-12-3-2-6-23-12/h2-7,20H,8-10H2,1H3,(H2,17,18,19)/t16-/m0/s1. The van der Waals surface area contributed by atoms with Crippen LogP contribution >= 0.6 is 11.3 Å². The molecule has 3 N–H and O–H groups in total. The van der Waals surface area contributed by atoms with Crippen molar-refractivity contribution in [2.24, 2.45) is 0 Å². The third kappa shape index (κ3) is 3.75. The molecule has 0 spiro atoms. The molecule has 2 aromatic rings. The number of thiophene rings is 1. The number of carbonyl (C=O) groups excluding carboxylic acids is 1. The first-order valence-electron chi connectivity index (χ1n) is 7.21. The third-order valence-corrected chi connectivity index (χ3v) is 4.47. The van der Waals surface area contributed by atoms with Crippen LogP contribution in [-0.4, -0.2) is 24.5 Å². The number of hydrogen-bond acceptors (Lipinski definition) is 5. The van der Waals surface area contributed by atoms with E-state index in [2.05, 4.69) is 10.6 Å². The van der Waals surface area contributed by atoms with Crippen molar-refractivity contribution in [1.82, 2.24) is 10.6 Å². The predicted molar refractivity (Wildman–Crippen MR) is 86.7 cm³/mol. The van der Waals surface area contributed by atoms with Crippen LogP contribution in [0.1, 0.15) is 17.4 Å². The average molecular weight is 334 g/mol. The first-order chi connectivity index (χ1) is 11.0. The Bertz CT molecular complexity index is 685. The number of ether oxygens (including phenoxy) is 2. The molecule has 122 valence electrons. The maximum atomic E-state index is 11.8. The van der Waals surface area contributed by atoms with E-state index < -0.39 is 5.60 Å². The zero-order valence-corrected chi connectivity index (χ0v) is 13.5. The topological polar surface area (TPSA) is 79.8 Å². The highest BCUT2D eigenvalue weighted by molar-refractivity contribution is 7.09. The minimum absolute atomic E-state index is 0.0862. The maximum absolute atomic E-state index is 11.8. The molecular formula is C16H18N2O4S. The SMILES string of the molecule is C[C@](O)(CNC(=O)NCc1cccs1)c1ccc2c(c1)OCO2. The fourth-order valence-corrected chi connectivity index (χ4v) is 2.87. The molecule has 1 aromatic carbocycles. The van der Waals surface area contributed by atoms with Gasteiger partial charge in [0.1, 0.15) is 5.60 Å². The molecule has 0 saturated carbocycles. The molecule has 0 fully saturated rings. The first-order valence-corrected chi connectivity index (χ1v) is 8.09. The molecule has 0 bridgehead atoms. The molecule has 2 heterocycles. The highest BCUT2D eigenvalue weighted by Gasteiger charge is 2.26. The van der Waals surface area contributed by atoms with Gasteiger partial charge in [-0.2, -0.15) is 0 Å². The van der Waals surface area contributed by atoms with E-state index in [4.69, 9.17) is 9.47 Å². The molecule has 0 aliphatic carbocycles. The fourth-order valence-electron chi connectivity index (χ4n) is 2.23. The Kier molecular flexibility index (Phi) is 4.40. The third-order valence-electron chi connectivity index (χ3n) is 3.59. The second-order valence-corrected chi connectivity index (χ2v) is 6.49. The van der Waals surface area contributed by atoms with Crippen LogP contribution in [0, 0.1) is 0 Å². The fraction of sp³-hybridized carbons (Fsp3) is 0.312. The Balaban J connectivity index is 1.54. The van der Waals surface area contributed by atoms with Crippen LogP contribution in [-0.2, 0) is 12.1 Å². The largest absolute Gasteiger partial charge is 0.454 e. The zero-order valence-electron chi connectivity index (χ0n) is 12.7. The van der Waals surface area contributed by atoms with Crippen molar-refractivity contribution in [3.8, 4) is 11.5 Å². The quantitative estimate of drug-likeness (QED) is 0.783. The summed E-state index contributed by atoms with van der Waals surface area (Å²) in [6.45, 7) is 2.38. The van der Waals surface area contributed by atoms with Gasteiger partial charge in [0.25, 0.3) is 0 Å². The second-order valence-electron chi connectivity index (χ2n) is 5.46. The molecule has 0 unspecified atom stereocenters. The lowest BCUT2D eigenvalue weighted by Crippen LogP contribution is -2.43. The second kappa shape index (κ2) is 6.47. The van der Waals surface area contributed by atoms with Crippen LogP contribution in [0.5, 0.6) is 11.5 Å². The molecule has 2 amide bonds. The van der Waals surface area contributed by atoms with Crippen molar-refractivity contribution < 1.29 is 19.4 Å². The zero-order chi connectivity index (χ0) is 16.3. The lowest BCUT2D eigenvalue weighted by atomic mass is 9.95. The number of nitrogens with one attached hydrogen (secondary N) is 2. The number of benzene rings is 1. The van der Waals surface area contributed by atoms with Gasteiger partial charge in [0, 0.05) is 4.88 Å². The molecule has 7 heteroatoms. The minimum Gasteiger partial charge on any atom is -0.454 e. The Labute approximate surface area is 138 Å². The van der Waals surface area contributed by atoms with Crippen LogP contribution in [0.3, 0.4) is 0 Å². The monoisotopic (exact) mass is 334 g/mol. The van der Waals surface area contributed by atoms with Crippen LogP contribution in [0.4, 0.5) is 4.79 Å². The predicted octanol–water partition coefficient (Wildman–Crippen LogP) is 2.18. The van der Waals surface area contributed by atoms with Gasteiger partial charge in [-0.15, -0.1) is 11.3 Å². The summed E-state index contributed by atoms with van der Waals surface area (Å²) >= 11 is 1.58. The van der Waals surface area contributed by atoms with Crippen LogP contribution in [0.15, 0.2) is 35.7 Å². The Morgan fingerprint density at radius 3 is 2.91 bits per heavy atom. The number of fused-ring (bicyclic) bond motifs is 1. The number of amides is 2. The summed E-state index contributed by atoms with van der Waals surface area (Å²) in [6, 6.07) is 8.81. The summed E-state index contributed by atoms with van der Waals surface area (Å²) in [4.78, 5) is 12.9. The highest BCUT2D eigenvalue weighted by Crippen LogP contribution is 2.35. The number of rotatable bonds is 5. The van der Waals surface area contributed by atoms with Gasteiger partial charge in [-0.05, 0) is 36.1 Å². The van der Waals surface area contributed by atoms with E-state index in [0.717, 1.165) is 4.88 Å². The Morgan fingerprint density at radius 2 is 2.13 bits per heavy atom. The normalized spacial score (nSPS) is 15.0. The van der Waals surface area contributed by atoms with Gasteiger partial charge in [0.2, 0.25) is 6.79 Å². The van der Waals surface area contributed by atoms with Gasteiger partial charge in [0.05, 0.1) is 13.1 Å². The average Bonchev–Trinajstić information content (AvgIpc) is 3.21. The van der Waals surface area contributed by atoms with Crippen LogP contribution in [0.25, 0.3) is 0 Å². The van der Waals surface area contributed by atoms with Crippen LogP contribution < -0.4 is 20.1 Å². The van der Waals surface area contributed by atoms with E-state index in [0.29, 0.717) is 23.6 Å². The summed E-state index contributed by atoms with van der Waals surface area (Å²) in [5, 5.41) is 18.0. The van der Waals surface area contributed by atoms with Gasteiger partial charge in [-0.3, -0.25) is 0 Å². The maximum Gasteiger partial charge on any atom is 0.315 e. The summed E-state index contributed by atoms with van der Waals surface area (Å²) in [5.41, 5.74) is -0.554. The highest BCUT2D eigenvalue weighted by atomic mass is 32.1. The van der Waals surface area contributed by atoms with Crippen molar-refractivity contribution in [3.63, 3.8) is 0 Å². The molecule has 1 aliphatic heterocycles. The number of urea groups is 1.